The molecule has 0 heterocycles. The highest BCUT2D eigenvalue weighted by molar-refractivity contribution is 8.11. The molecule has 13 heteroatoms. The van der Waals surface area contributed by atoms with Crippen LogP contribution in [0.4, 0.5) is 0 Å². The smallest absolute Gasteiger partial charge is 0.354 e. The van der Waals surface area contributed by atoms with Crippen molar-refractivity contribution in [1.82, 2.24) is 0 Å². The van der Waals surface area contributed by atoms with E-state index in [1.54, 1.807) is 7.11 Å². The van der Waals surface area contributed by atoms with E-state index in [2.05, 4.69) is 74.8 Å². The summed E-state index contributed by atoms with van der Waals surface area (Å²) in [7, 11) is 20.7. The Morgan fingerprint density at radius 2 is 1.47 bits per heavy atom. The molecule has 0 saturated heterocycles. The number of methoxy groups -OCH3 is 1. The number of benzene rings is 1. The van der Waals surface area contributed by atoms with Gasteiger partial charge < -0.3 is 18.0 Å². The zero-order chi connectivity index (χ0) is 23.2. The van der Waals surface area contributed by atoms with E-state index in [0.29, 0.717) is 19.8 Å². The van der Waals surface area contributed by atoms with Crippen LogP contribution in [0.25, 0.3) is 0 Å². The molecule has 0 amide bonds. The van der Waals surface area contributed by atoms with Gasteiger partial charge in [-0.2, -0.15) is 0 Å². The van der Waals surface area contributed by atoms with Gasteiger partial charge in [0.15, 0.2) is 0 Å². The van der Waals surface area contributed by atoms with Crippen LogP contribution in [0.2, 0.25) is 6.04 Å². The van der Waals surface area contributed by atoms with Crippen molar-refractivity contribution < 1.29 is 18.0 Å². The Bertz CT molecular complexity index is 678. The molecular weight excluding hydrogens is 521 g/mol. The van der Waals surface area contributed by atoms with Crippen LogP contribution in [-0.4, -0.2) is 104 Å². The molecule has 1 atom stereocenters. The van der Waals surface area contributed by atoms with Crippen molar-refractivity contribution in [2.45, 2.75) is 47.1 Å². The summed E-state index contributed by atoms with van der Waals surface area (Å²) in [6.45, 7) is 7.29. The first-order chi connectivity index (χ1) is 13.9. The number of rotatable bonds is 13. The molecule has 16 radical (unpaired) electrons. The molecule has 1 rings (SSSR count). The Balaban J connectivity index is 3.58. The van der Waals surface area contributed by atoms with E-state index in [4.69, 9.17) is 18.0 Å². The van der Waals surface area contributed by atoms with Crippen LogP contribution in [0, 0.1) is 13.8 Å². The second kappa shape index (κ2) is 12.4. The Morgan fingerprint density at radius 3 is 1.90 bits per heavy atom. The Labute approximate surface area is 203 Å². The molecule has 30 heavy (non-hydrogen) atoms. The van der Waals surface area contributed by atoms with Gasteiger partial charge in [0.1, 0.15) is 19.2 Å². The molecule has 0 spiro atoms. The van der Waals surface area contributed by atoms with Crippen LogP contribution >= 0.6 is 0 Å². The Morgan fingerprint density at radius 1 is 0.900 bits per heavy atom. The Kier molecular flexibility index (Phi) is 11.9. The van der Waals surface area contributed by atoms with Crippen LogP contribution in [-0.2, 0) is 19.7 Å². The molecule has 0 bridgehead atoms. The number of ether oxygens (including phenoxy) is 1. The first-order valence-electron chi connectivity index (χ1n) is 10.1. The molecule has 0 aliphatic carbocycles. The number of hydrogen-bond donors (Lipinski definition) is 0. The second-order valence-electron chi connectivity index (χ2n) is 7.15. The zero-order valence-electron chi connectivity index (χ0n) is 18.8. The maximum atomic E-state index is 6.39. The van der Waals surface area contributed by atoms with E-state index >= 15 is 0 Å². The third-order valence-corrected chi connectivity index (χ3v) is 83.7. The maximum absolute atomic E-state index is 6.39. The number of aryl methyl sites for hydroxylation is 2. The highest BCUT2D eigenvalue weighted by atomic mass is 30.4. The highest BCUT2D eigenvalue weighted by Gasteiger charge is 2.65. The first kappa shape index (κ1) is 28.9. The van der Waals surface area contributed by atoms with Gasteiger partial charge in [-0.25, -0.2) is 0 Å². The fourth-order valence-corrected chi connectivity index (χ4v) is 97.7. The van der Waals surface area contributed by atoms with Gasteiger partial charge in [0.2, 0.25) is 0 Å². The molecule has 158 valence electrons. The number of hydrogen-bond acceptors (Lipinski definition) is 4. The van der Waals surface area contributed by atoms with Crippen molar-refractivity contribution in [2.75, 3.05) is 26.9 Å². The maximum Gasteiger partial charge on any atom is 0.354 e. The summed E-state index contributed by atoms with van der Waals surface area (Å²) in [6.07, 6.45) is -1.40. The van der Waals surface area contributed by atoms with Gasteiger partial charge in [-0.1, -0.05) is 6.04 Å². The van der Waals surface area contributed by atoms with Gasteiger partial charge in [0, 0.05) is 74.8 Å². The normalized spacial score (nSPS) is 14.8. The summed E-state index contributed by atoms with van der Waals surface area (Å²) in [4.78, 5) is 0. The zero-order valence-corrected chi connectivity index (χ0v) is 27.8. The lowest BCUT2D eigenvalue weighted by Gasteiger charge is -2.52. The van der Waals surface area contributed by atoms with Crippen molar-refractivity contribution in [3.05, 3.63) is 28.8 Å². The molecule has 1 aromatic rings. The van der Waals surface area contributed by atoms with Crippen LogP contribution < -0.4 is 4.74 Å². The monoisotopic (exact) mass is 550 g/mol. The molecule has 0 fully saturated rings. The van der Waals surface area contributed by atoms with Gasteiger partial charge >= 0.3 is 8.80 Å². The topological polar surface area (TPSA) is 36.9 Å². The summed E-state index contributed by atoms with van der Waals surface area (Å²) in [5, 5.41) is 0. The molecule has 0 aliphatic heterocycles. The lowest BCUT2D eigenvalue weighted by molar-refractivity contribution is 0.229. The van der Waals surface area contributed by atoms with E-state index in [-0.39, 0.29) is 0 Å². The van der Waals surface area contributed by atoms with Crippen LogP contribution in [0.5, 0.6) is 5.75 Å². The summed E-state index contributed by atoms with van der Waals surface area (Å²) >= 11 is 0. The summed E-state index contributed by atoms with van der Waals surface area (Å²) in [5.74, 6) is 0.893. The van der Waals surface area contributed by atoms with Crippen molar-refractivity contribution in [3.8, 4) is 5.75 Å². The van der Waals surface area contributed by atoms with Crippen LogP contribution in [0.1, 0.15) is 37.5 Å². The van der Waals surface area contributed by atoms with E-state index < -0.39 is 28.4 Å². The minimum Gasteiger partial charge on any atom is -0.497 e. The summed E-state index contributed by atoms with van der Waals surface area (Å²) < 4.78 is 24.6. The van der Waals surface area contributed by atoms with Crippen molar-refractivity contribution in [3.63, 3.8) is 0 Å². The molecule has 0 aliphatic rings. The summed E-state index contributed by atoms with van der Waals surface area (Å²) in [5.41, 5.74) is 3.83. The highest BCUT2D eigenvalue weighted by Crippen LogP contribution is 2.32. The van der Waals surface area contributed by atoms with Gasteiger partial charge in [0.25, 0.3) is 0 Å². The van der Waals surface area contributed by atoms with Crippen LogP contribution in [0.3, 0.4) is 0 Å². The Hall–Kier alpha value is 0.852. The molecule has 0 N–H and O–H groups in total. The van der Waals surface area contributed by atoms with Gasteiger partial charge in [-0.05, 0) is 69.9 Å². The molecular formula is C17H30O4Si9. The van der Waals surface area contributed by atoms with E-state index in [0.717, 1.165) is 18.2 Å². The van der Waals surface area contributed by atoms with Crippen molar-refractivity contribution in [1.29, 1.82) is 0 Å². The van der Waals surface area contributed by atoms with E-state index in [1.165, 1.54) is 16.7 Å². The van der Waals surface area contributed by atoms with Gasteiger partial charge in [-0.3, -0.25) is 0 Å². The van der Waals surface area contributed by atoms with E-state index in [9.17, 15) is 0 Å². The SMILES string of the molecule is CCO[Si](OCC)[Si](CCc1cc(OC)cc(C)c1C)([Si]([Si])([Si])[Si])[Si]([Si])([Si])OCC. The lowest BCUT2D eigenvalue weighted by atomic mass is 10.0. The second-order valence-corrected chi connectivity index (χ2v) is 56.0. The minimum atomic E-state index is -2.53. The first-order valence-corrected chi connectivity index (χ1v) is 28.0. The standard InChI is InChI=1S/C17H30O4Si9/c1-7-19-27(20-8-2)28(30(24,25)26,29(22,23)21-9-3)11-10-16-13-17(18-6)12-14(4)15(16)5/h12-13H,7-11H2,1-6H3. The molecule has 1 aromatic carbocycles. The quantitative estimate of drug-likeness (QED) is 0.341. The predicted molar refractivity (Wildman–Crippen MR) is 138 cm³/mol. The van der Waals surface area contributed by atoms with Crippen molar-refractivity contribution >= 4 is 77.2 Å². The third kappa shape index (κ3) is 6.46. The molecule has 4 nitrogen and oxygen atoms in total. The van der Waals surface area contributed by atoms with E-state index in [1.807, 2.05) is 20.8 Å². The predicted octanol–water partition coefficient (Wildman–Crippen LogP) is 0.857. The molecule has 0 aromatic heterocycles. The lowest BCUT2D eigenvalue weighted by Crippen LogP contribution is -2.89. The molecule has 0 saturated carbocycles. The van der Waals surface area contributed by atoms with Gasteiger partial charge in [0.05, 0.1) is 7.11 Å². The average Bonchev–Trinajstić information content (AvgIpc) is 2.64. The average molecular weight is 551 g/mol. The third-order valence-electron chi connectivity index (χ3n) is 5.25. The fraction of sp³-hybridized carbons (Fsp3) is 0.647. The minimum absolute atomic E-state index is 0.616. The van der Waals surface area contributed by atoms with Crippen LogP contribution in [0.15, 0.2) is 12.1 Å². The van der Waals surface area contributed by atoms with Crippen molar-refractivity contribution in [2.24, 2.45) is 0 Å². The summed E-state index contributed by atoms with van der Waals surface area (Å²) in [6, 6.07) is 5.18. The molecule has 1 unspecified atom stereocenters. The van der Waals surface area contributed by atoms with Gasteiger partial charge in [-0.15, -0.1) is 0 Å². The fourth-order valence-electron chi connectivity index (χ4n) is 3.51. The largest absolute Gasteiger partial charge is 0.497 e.